The van der Waals surface area contributed by atoms with Crippen LogP contribution in [0.4, 0.5) is 0 Å². The highest BCUT2D eigenvalue weighted by Gasteiger charge is 2.09. The van der Waals surface area contributed by atoms with Gasteiger partial charge in [0.15, 0.2) is 0 Å². The van der Waals surface area contributed by atoms with E-state index < -0.39 is 0 Å². The Kier molecular flexibility index (Phi) is 3.26. The van der Waals surface area contributed by atoms with Gasteiger partial charge in [-0.2, -0.15) is 0 Å². The Labute approximate surface area is 80.3 Å². The first-order valence-electron chi connectivity index (χ1n) is 4.59. The molecule has 0 spiro atoms. The molecule has 1 heteroatoms. The van der Waals surface area contributed by atoms with E-state index in [1.165, 1.54) is 16.7 Å². The van der Waals surface area contributed by atoms with E-state index in [1.54, 1.807) is 0 Å². The molecule has 1 unspecified atom stereocenters. The van der Waals surface area contributed by atoms with Crippen molar-refractivity contribution in [2.24, 2.45) is 5.73 Å². The van der Waals surface area contributed by atoms with Gasteiger partial charge in [0.1, 0.15) is 0 Å². The number of aryl methyl sites for hydroxylation is 2. The molecule has 0 aliphatic heterocycles. The largest absolute Gasteiger partial charge is 0.324 e. The van der Waals surface area contributed by atoms with Gasteiger partial charge in [-0.1, -0.05) is 24.3 Å². The summed E-state index contributed by atoms with van der Waals surface area (Å²) in [5, 5.41) is 0. The Bertz CT molecular complexity index is 282. The summed E-state index contributed by atoms with van der Waals surface area (Å²) < 4.78 is 0. The van der Waals surface area contributed by atoms with Gasteiger partial charge >= 0.3 is 0 Å². The molecule has 2 N–H and O–H groups in total. The molecule has 1 nitrogen and oxygen atoms in total. The second-order valence-corrected chi connectivity index (χ2v) is 3.44. The molecule has 0 saturated heterocycles. The van der Waals surface area contributed by atoms with Crippen LogP contribution in [0.5, 0.6) is 0 Å². The highest BCUT2D eigenvalue weighted by Crippen LogP contribution is 2.22. The van der Waals surface area contributed by atoms with Crippen molar-refractivity contribution in [3.05, 3.63) is 47.5 Å². The van der Waals surface area contributed by atoms with E-state index in [1.807, 2.05) is 6.08 Å². The molecular weight excluding hydrogens is 158 g/mol. The van der Waals surface area contributed by atoms with E-state index in [-0.39, 0.29) is 6.04 Å². The molecule has 0 radical (unpaired) electrons. The lowest BCUT2D eigenvalue weighted by molar-refractivity contribution is 0.730. The van der Waals surface area contributed by atoms with Gasteiger partial charge in [0.25, 0.3) is 0 Å². The molecule has 1 atom stereocenters. The molecule has 0 aliphatic rings. The van der Waals surface area contributed by atoms with Crippen molar-refractivity contribution in [1.29, 1.82) is 0 Å². The molecule has 0 heterocycles. The zero-order valence-corrected chi connectivity index (χ0v) is 8.38. The average molecular weight is 175 g/mol. The van der Waals surface area contributed by atoms with Gasteiger partial charge < -0.3 is 5.73 Å². The zero-order valence-electron chi connectivity index (χ0n) is 8.38. The van der Waals surface area contributed by atoms with Crippen molar-refractivity contribution in [3.63, 3.8) is 0 Å². The lowest BCUT2D eigenvalue weighted by atomic mass is 9.95. The summed E-state index contributed by atoms with van der Waals surface area (Å²) >= 11 is 0. The smallest absolute Gasteiger partial charge is 0.0334 e. The first kappa shape index (κ1) is 10.0. The van der Waals surface area contributed by atoms with Crippen LogP contribution in [0.2, 0.25) is 0 Å². The van der Waals surface area contributed by atoms with Gasteiger partial charge in [-0.05, 0) is 37.0 Å². The van der Waals surface area contributed by atoms with Crippen molar-refractivity contribution in [1.82, 2.24) is 0 Å². The molecule has 70 valence electrons. The number of hydrogen-bond donors (Lipinski definition) is 1. The SMILES string of the molecule is C=CCC(N)c1c(C)cccc1C. The third-order valence-corrected chi connectivity index (χ3v) is 2.33. The van der Waals surface area contributed by atoms with Crippen molar-refractivity contribution in [2.75, 3.05) is 0 Å². The first-order chi connectivity index (χ1) is 6.16. The summed E-state index contributed by atoms with van der Waals surface area (Å²) in [5.74, 6) is 0. The molecule has 0 saturated carbocycles. The summed E-state index contributed by atoms with van der Waals surface area (Å²) in [7, 11) is 0. The lowest BCUT2D eigenvalue weighted by Gasteiger charge is -2.15. The van der Waals surface area contributed by atoms with Gasteiger partial charge in [0, 0.05) is 6.04 Å². The normalized spacial score (nSPS) is 12.5. The molecule has 0 fully saturated rings. The summed E-state index contributed by atoms with van der Waals surface area (Å²) in [6, 6.07) is 6.37. The monoisotopic (exact) mass is 175 g/mol. The highest BCUT2D eigenvalue weighted by atomic mass is 14.6. The minimum Gasteiger partial charge on any atom is -0.324 e. The summed E-state index contributed by atoms with van der Waals surface area (Å²) in [6.45, 7) is 7.91. The molecule has 0 bridgehead atoms. The van der Waals surface area contributed by atoms with Gasteiger partial charge in [-0.25, -0.2) is 0 Å². The highest BCUT2D eigenvalue weighted by molar-refractivity contribution is 5.36. The van der Waals surface area contributed by atoms with Gasteiger partial charge in [-0.3, -0.25) is 0 Å². The third kappa shape index (κ3) is 2.19. The summed E-state index contributed by atoms with van der Waals surface area (Å²) in [5.41, 5.74) is 9.85. The van der Waals surface area contributed by atoms with Crippen LogP contribution >= 0.6 is 0 Å². The van der Waals surface area contributed by atoms with E-state index in [0.717, 1.165) is 6.42 Å². The number of benzene rings is 1. The van der Waals surface area contributed by atoms with E-state index in [9.17, 15) is 0 Å². The minimum absolute atomic E-state index is 0.0960. The average Bonchev–Trinajstić information content (AvgIpc) is 2.04. The van der Waals surface area contributed by atoms with Crippen LogP contribution in [0, 0.1) is 13.8 Å². The third-order valence-electron chi connectivity index (χ3n) is 2.33. The van der Waals surface area contributed by atoms with Crippen LogP contribution in [-0.2, 0) is 0 Å². The quantitative estimate of drug-likeness (QED) is 0.702. The second-order valence-electron chi connectivity index (χ2n) is 3.44. The predicted molar refractivity (Wildman–Crippen MR) is 57.7 cm³/mol. The Balaban J connectivity index is 3.04. The van der Waals surface area contributed by atoms with E-state index in [2.05, 4.69) is 38.6 Å². The number of rotatable bonds is 3. The van der Waals surface area contributed by atoms with Crippen molar-refractivity contribution in [3.8, 4) is 0 Å². The molecule has 1 aromatic carbocycles. The van der Waals surface area contributed by atoms with Crippen LogP contribution < -0.4 is 5.73 Å². The molecule has 0 amide bonds. The standard InChI is InChI=1S/C12H17N/c1-4-6-11(13)12-9(2)7-5-8-10(12)3/h4-5,7-8,11H,1,6,13H2,2-3H3. The Hall–Kier alpha value is -1.08. The Morgan fingerprint density at radius 2 is 1.92 bits per heavy atom. The van der Waals surface area contributed by atoms with Crippen LogP contribution in [0.25, 0.3) is 0 Å². The van der Waals surface area contributed by atoms with Crippen molar-refractivity contribution < 1.29 is 0 Å². The maximum absolute atomic E-state index is 6.04. The number of nitrogens with two attached hydrogens (primary N) is 1. The molecule has 0 aromatic heterocycles. The van der Waals surface area contributed by atoms with Gasteiger partial charge in [-0.15, -0.1) is 6.58 Å². The minimum atomic E-state index is 0.0960. The number of hydrogen-bond acceptors (Lipinski definition) is 1. The first-order valence-corrected chi connectivity index (χ1v) is 4.59. The maximum Gasteiger partial charge on any atom is 0.0334 e. The molecule has 13 heavy (non-hydrogen) atoms. The summed E-state index contributed by atoms with van der Waals surface area (Å²) in [4.78, 5) is 0. The zero-order chi connectivity index (χ0) is 9.84. The fourth-order valence-electron chi connectivity index (χ4n) is 1.71. The van der Waals surface area contributed by atoms with Crippen molar-refractivity contribution >= 4 is 0 Å². The van der Waals surface area contributed by atoms with Crippen LogP contribution in [0.15, 0.2) is 30.9 Å². The Morgan fingerprint density at radius 1 is 1.38 bits per heavy atom. The van der Waals surface area contributed by atoms with Crippen LogP contribution in [-0.4, -0.2) is 0 Å². The molecule has 1 aromatic rings. The van der Waals surface area contributed by atoms with E-state index >= 15 is 0 Å². The lowest BCUT2D eigenvalue weighted by Crippen LogP contribution is -2.12. The van der Waals surface area contributed by atoms with E-state index in [4.69, 9.17) is 5.73 Å². The van der Waals surface area contributed by atoms with Gasteiger partial charge in [0.05, 0.1) is 0 Å². The molecule has 1 rings (SSSR count). The molecular formula is C12H17N. The topological polar surface area (TPSA) is 26.0 Å². The van der Waals surface area contributed by atoms with Crippen LogP contribution in [0.3, 0.4) is 0 Å². The maximum atomic E-state index is 6.04. The van der Waals surface area contributed by atoms with E-state index in [0.29, 0.717) is 0 Å². The second kappa shape index (κ2) is 4.24. The fourth-order valence-corrected chi connectivity index (χ4v) is 1.71. The molecule has 0 aliphatic carbocycles. The van der Waals surface area contributed by atoms with Gasteiger partial charge in [0.2, 0.25) is 0 Å². The predicted octanol–water partition coefficient (Wildman–Crippen LogP) is 2.88. The van der Waals surface area contributed by atoms with Crippen molar-refractivity contribution in [2.45, 2.75) is 26.3 Å². The summed E-state index contributed by atoms with van der Waals surface area (Å²) in [6.07, 6.45) is 2.71. The fraction of sp³-hybridized carbons (Fsp3) is 0.333. The van der Waals surface area contributed by atoms with Crippen LogP contribution in [0.1, 0.15) is 29.2 Å². The Morgan fingerprint density at radius 3 is 2.38 bits per heavy atom.